The van der Waals surface area contributed by atoms with E-state index in [4.69, 9.17) is 16.3 Å². The van der Waals surface area contributed by atoms with Crippen LogP contribution in [0.2, 0.25) is 5.02 Å². The molecular formula is C17H18ClNO3S. The Bertz CT molecular complexity index is 739. The number of carbonyl (C=O) groups excluding carboxylic acids is 2. The van der Waals surface area contributed by atoms with Gasteiger partial charge in [-0.25, -0.2) is 4.79 Å². The van der Waals surface area contributed by atoms with Crippen molar-refractivity contribution in [2.24, 2.45) is 0 Å². The van der Waals surface area contributed by atoms with E-state index in [-0.39, 0.29) is 6.61 Å². The first kappa shape index (κ1) is 17.5. The third-order valence-corrected chi connectivity index (χ3v) is 4.96. The van der Waals surface area contributed by atoms with Crippen LogP contribution in [0.3, 0.4) is 0 Å². The monoisotopic (exact) mass is 351 g/mol. The van der Waals surface area contributed by atoms with Gasteiger partial charge in [-0.3, -0.25) is 4.79 Å². The number of esters is 1. The van der Waals surface area contributed by atoms with E-state index in [1.54, 1.807) is 18.2 Å². The number of rotatable bonds is 5. The molecule has 122 valence electrons. The topological polar surface area (TPSA) is 55.4 Å². The maximum absolute atomic E-state index is 12.0. The van der Waals surface area contributed by atoms with E-state index in [2.05, 4.69) is 5.32 Å². The highest BCUT2D eigenvalue weighted by atomic mass is 35.5. The average molecular weight is 352 g/mol. The van der Waals surface area contributed by atoms with E-state index >= 15 is 0 Å². The highest BCUT2D eigenvalue weighted by Gasteiger charge is 2.15. The summed E-state index contributed by atoms with van der Waals surface area (Å²) >= 11 is 7.38. The lowest BCUT2D eigenvalue weighted by atomic mass is 10.2. The lowest BCUT2D eigenvalue weighted by Crippen LogP contribution is -2.21. The molecule has 0 fully saturated rings. The van der Waals surface area contributed by atoms with Gasteiger partial charge in [-0.15, -0.1) is 11.3 Å². The maximum atomic E-state index is 12.0. The third kappa shape index (κ3) is 4.33. The summed E-state index contributed by atoms with van der Waals surface area (Å²) in [6.07, 6.45) is 0.865. The number of hydrogen-bond donors (Lipinski definition) is 1. The zero-order chi connectivity index (χ0) is 17.0. The molecule has 0 unspecified atom stereocenters. The van der Waals surface area contributed by atoms with Gasteiger partial charge in [0.2, 0.25) is 0 Å². The molecule has 4 nitrogen and oxygen atoms in total. The van der Waals surface area contributed by atoms with Crippen LogP contribution < -0.4 is 5.32 Å². The van der Waals surface area contributed by atoms with E-state index in [0.29, 0.717) is 15.6 Å². The van der Waals surface area contributed by atoms with Crippen molar-refractivity contribution in [3.63, 3.8) is 0 Å². The molecule has 2 aromatic rings. The fraction of sp³-hybridized carbons (Fsp3) is 0.294. The van der Waals surface area contributed by atoms with Gasteiger partial charge in [0.25, 0.3) is 5.91 Å². The summed E-state index contributed by atoms with van der Waals surface area (Å²) < 4.78 is 5.07. The van der Waals surface area contributed by atoms with Crippen molar-refractivity contribution in [3.05, 3.63) is 50.2 Å². The van der Waals surface area contributed by atoms with Gasteiger partial charge in [0.15, 0.2) is 6.61 Å². The van der Waals surface area contributed by atoms with Crippen molar-refractivity contribution in [2.75, 3.05) is 11.9 Å². The normalized spacial score (nSPS) is 10.4. The average Bonchev–Trinajstić information content (AvgIpc) is 2.90. The van der Waals surface area contributed by atoms with E-state index < -0.39 is 11.9 Å². The number of nitrogens with one attached hydrogen (secondary N) is 1. The first-order chi connectivity index (χ1) is 10.9. The van der Waals surface area contributed by atoms with E-state index in [0.717, 1.165) is 22.4 Å². The van der Waals surface area contributed by atoms with Crippen molar-refractivity contribution in [2.45, 2.75) is 27.2 Å². The van der Waals surface area contributed by atoms with Crippen LogP contribution in [0.1, 0.15) is 32.6 Å². The highest BCUT2D eigenvalue weighted by Crippen LogP contribution is 2.24. The Balaban J connectivity index is 1.93. The first-order valence-electron chi connectivity index (χ1n) is 7.23. The molecule has 0 saturated carbocycles. The van der Waals surface area contributed by atoms with E-state index in [9.17, 15) is 9.59 Å². The van der Waals surface area contributed by atoms with Crippen LogP contribution in [-0.4, -0.2) is 18.5 Å². The van der Waals surface area contributed by atoms with Gasteiger partial charge in [0, 0.05) is 15.6 Å². The molecule has 0 radical (unpaired) electrons. The van der Waals surface area contributed by atoms with Gasteiger partial charge >= 0.3 is 5.97 Å². The second-order valence-corrected chi connectivity index (χ2v) is 6.75. The van der Waals surface area contributed by atoms with Crippen LogP contribution in [0.5, 0.6) is 0 Å². The van der Waals surface area contributed by atoms with Gasteiger partial charge in [0.1, 0.15) is 4.88 Å². The summed E-state index contributed by atoms with van der Waals surface area (Å²) in [6, 6.07) is 7.06. The fourth-order valence-electron chi connectivity index (χ4n) is 2.10. The molecule has 1 aromatic heterocycles. The van der Waals surface area contributed by atoms with Gasteiger partial charge in [-0.2, -0.15) is 0 Å². The molecule has 1 N–H and O–H groups in total. The molecule has 0 bridgehead atoms. The van der Waals surface area contributed by atoms with Crippen molar-refractivity contribution >= 4 is 40.5 Å². The summed E-state index contributed by atoms with van der Waals surface area (Å²) in [6.45, 7) is 5.48. The lowest BCUT2D eigenvalue weighted by Gasteiger charge is -2.09. The predicted octanol–water partition coefficient (Wildman–Crippen LogP) is 4.38. The van der Waals surface area contributed by atoms with E-state index in [1.807, 2.05) is 26.8 Å². The molecule has 1 heterocycles. The molecule has 0 spiro atoms. The second kappa shape index (κ2) is 7.62. The Morgan fingerprint density at radius 1 is 1.30 bits per heavy atom. The molecule has 1 aromatic carbocycles. The number of halogens is 1. The molecule has 6 heteroatoms. The minimum absolute atomic E-state index is 0.330. The number of carbonyl (C=O) groups is 2. The molecule has 0 atom stereocenters. The van der Waals surface area contributed by atoms with Gasteiger partial charge in [0.05, 0.1) is 0 Å². The molecule has 2 rings (SSSR count). The van der Waals surface area contributed by atoms with Crippen LogP contribution in [-0.2, 0) is 16.0 Å². The molecule has 1 amide bonds. The van der Waals surface area contributed by atoms with Crippen LogP contribution in [0, 0.1) is 13.8 Å². The van der Waals surface area contributed by atoms with Gasteiger partial charge < -0.3 is 10.1 Å². The maximum Gasteiger partial charge on any atom is 0.348 e. The Morgan fingerprint density at radius 3 is 2.70 bits per heavy atom. The standard InChI is InChI=1S/C17H18ClNO3S/c1-4-12-8-15(23-11(12)3)17(21)22-9-16(20)19-14-7-5-6-13(18)10(14)2/h5-8H,4,9H2,1-3H3,(H,19,20). The number of benzene rings is 1. The number of anilines is 1. The SMILES string of the molecule is CCc1cc(C(=O)OCC(=O)Nc2cccc(Cl)c2C)sc1C. The minimum atomic E-state index is -0.476. The Hall–Kier alpha value is -1.85. The minimum Gasteiger partial charge on any atom is -0.451 e. The molecular weight excluding hydrogens is 334 g/mol. The molecule has 0 aliphatic rings. The first-order valence-corrected chi connectivity index (χ1v) is 8.43. The van der Waals surface area contributed by atoms with Crippen molar-refractivity contribution in [1.29, 1.82) is 0 Å². The van der Waals surface area contributed by atoms with Gasteiger partial charge in [-0.1, -0.05) is 24.6 Å². The number of amides is 1. The van der Waals surface area contributed by atoms with Crippen LogP contribution >= 0.6 is 22.9 Å². The zero-order valence-electron chi connectivity index (χ0n) is 13.2. The van der Waals surface area contributed by atoms with Crippen LogP contribution in [0.25, 0.3) is 0 Å². The van der Waals surface area contributed by atoms with Crippen molar-refractivity contribution in [3.8, 4) is 0 Å². The lowest BCUT2D eigenvalue weighted by molar-refractivity contribution is -0.119. The Kier molecular flexibility index (Phi) is 5.80. The van der Waals surface area contributed by atoms with Crippen molar-refractivity contribution < 1.29 is 14.3 Å². The smallest absolute Gasteiger partial charge is 0.348 e. The Morgan fingerprint density at radius 2 is 2.04 bits per heavy atom. The summed E-state index contributed by atoms with van der Waals surface area (Å²) in [5.41, 5.74) is 2.51. The molecule has 0 saturated heterocycles. The summed E-state index contributed by atoms with van der Waals surface area (Å²) in [4.78, 5) is 25.5. The number of thiophene rings is 1. The number of hydrogen-bond acceptors (Lipinski definition) is 4. The highest BCUT2D eigenvalue weighted by molar-refractivity contribution is 7.14. The zero-order valence-corrected chi connectivity index (χ0v) is 14.8. The van der Waals surface area contributed by atoms with Crippen molar-refractivity contribution in [1.82, 2.24) is 0 Å². The second-order valence-electron chi connectivity index (χ2n) is 5.08. The summed E-state index contributed by atoms with van der Waals surface area (Å²) in [5, 5.41) is 3.26. The molecule has 0 aliphatic carbocycles. The van der Waals surface area contributed by atoms with E-state index in [1.165, 1.54) is 11.3 Å². The van der Waals surface area contributed by atoms with Gasteiger partial charge in [-0.05, 0) is 49.6 Å². The fourth-order valence-corrected chi connectivity index (χ4v) is 3.29. The van der Waals surface area contributed by atoms with Crippen LogP contribution in [0.4, 0.5) is 5.69 Å². The number of ether oxygens (including phenoxy) is 1. The molecule has 23 heavy (non-hydrogen) atoms. The molecule has 0 aliphatic heterocycles. The summed E-state index contributed by atoms with van der Waals surface area (Å²) in [7, 11) is 0. The predicted molar refractivity (Wildman–Crippen MR) is 93.5 cm³/mol. The quantitative estimate of drug-likeness (QED) is 0.813. The third-order valence-electron chi connectivity index (χ3n) is 3.48. The number of aryl methyl sites for hydroxylation is 2. The largest absolute Gasteiger partial charge is 0.451 e. The Labute approximate surface area is 144 Å². The summed E-state index contributed by atoms with van der Waals surface area (Å²) in [5.74, 6) is -0.872. The van der Waals surface area contributed by atoms with Crippen LogP contribution in [0.15, 0.2) is 24.3 Å².